The molecule has 2 aromatic carbocycles. The molecule has 0 aromatic heterocycles. The molecule has 0 saturated carbocycles. The number of imide groups is 1. The first-order valence-electron chi connectivity index (χ1n) is 9.61. The predicted octanol–water partition coefficient (Wildman–Crippen LogP) is 4.21. The number of primary amides is 1. The molecule has 2 atom stereocenters. The number of hydrogen-bond donors (Lipinski definition) is 3. The number of nitrogens with one attached hydrogen (secondary N) is 2. The molecule has 5 nitrogen and oxygen atoms in total. The van der Waals surface area contributed by atoms with E-state index in [1.165, 1.54) is 5.56 Å². The fourth-order valence-electron chi connectivity index (χ4n) is 3.21. The van der Waals surface area contributed by atoms with E-state index in [4.69, 9.17) is 5.73 Å². The second kappa shape index (κ2) is 9.02. The lowest BCUT2D eigenvalue weighted by Crippen LogP contribution is -2.44. The van der Waals surface area contributed by atoms with Crippen molar-refractivity contribution in [2.45, 2.75) is 52.1 Å². The van der Waals surface area contributed by atoms with Crippen LogP contribution in [-0.4, -0.2) is 11.9 Å². The first kappa shape index (κ1) is 21.6. The number of nitrogens with two attached hydrogens (primary N) is 1. The van der Waals surface area contributed by atoms with Crippen molar-refractivity contribution in [1.29, 1.82) is 0 Å². The summed E-state index contributed by atoms with van der Waals surface area (Å²) in [6, 6.07) is 16.2. The number of rotatable bonds is 6. The summed E-state index contributed by atoms with van der Waals surface area (Å²) in [5.41, 5.74) is 8.37. The molecule has 0 fully saturated rings. The van der Waals surface area contributed by atoms with E-state index in [-0.39, 0.29) is 17.4 Å². The van der Waals surface area contributed by atoms with Crippen LogP contribution in [0.5, 0.6) is 0 Å². The number of urea groups is 1. The Labute approximate surface area is 167 Å². The van der Waals surface area contributed by atoms with E-state index >= 15 is 0 Å². The van der Waals surface area contributed by atoms with Crippen molar-refractivity contribution in [2.24, 2.45) is 11.7 Å². The minimum absolute atomic E-state index is 0.0714. The zero-order valence-electron chi connectivity index (χ0n) is 17.3. The van der Waals surface area contributed by atoms with Gasteiger partial charge in [0, 0.05) is 6.04 Å². The average molecular weight is 382 g/mol. The lowest BCUT2D eigenvalue weighted by molar-refractivity contribution is -0.122. The van der Waals surface area contributed by atoms with Crippen LogP contribution in [0.15, 0.2) is 54.6 Å². The second-order valence-electron chi connectivity index (χ2n) is 8.46. The maximum absolute atomic E-state index is 12.7. The Morgan fingerprint density at radius 1 is 0.893 bits per heavy atom. The van der Waals surface area contributed by atoms with Gasteiger partial charge in [-0.15, -0.1) is 0 Å². The number of benzene rings is 2. The molecule has 2 rings (SSSR count). The van der Waals surface area contributed by atoms with E-state index in [1.807, 2.05) is 30.3 Å². The molecule has 0 heterocycles. The van der Waals surface area contributed by atoms with Crippen LogP contribution in [0.4, 0.5) is 4.79 Å². The quantitative estimate of drug-likeness (QED) is 0.701. The number of amides is 3. The van der Waals surface area contributed by atoms with Crippen molar-refractivity contribution in [3.05, 3.63) is 71.3 Å². The van der Waals surface area contributed by atoms with Crippen molar-refractivity contribution in [3.8, 4) is 0 Å². The summed E-state index contributed by atoms with van der Waals surface area (Å²) in [5.74, 6) is -0.233. The highest BCUT2D eigenvalue weighted by molar-refractivity contribution is 5.96. The van der Waals surface area contributed by atoms with E-state index in [0.29, 0.717) is 0 Å². The van der Waals surface area contributed by atoms with Gasteiger partial charge >= 0.3 is 6.03 Å². The van der Waals surface area contributed by atoms with Gasteiger partial charge in [0.25, 0.3) is 0 Å². The van der Waals surface area contributed by atoms with Gasteiger partial charge in [-0.1, -0.05) is 89.2 Å². The Bertz CT molecular complexity index is 793. The van der Waals surface area contributed by atoms with E-state index in [9.17, 15) is 9.59 Å². The van der Waals surface area contributed by atoms with Crippen LogP contribution >= 0.6 is 0 Å². The predicted molar refractivity (Wildman–Crippen MR) is 113 cm³/mol. The molecule has 0 aliphatic rings. The van der Waals surface area contributed by atoms with Crippen LogP contribution in [0, 0.1) is 5.92 Å². The summed E-state index contributed by atoms with van der Waals surface area (Å²) >= 11 is 0. The molecule has 5 heteroatoms. The molecule has 0 aliphatic carbocycles. The average Bonchev–Trinajstić information content (AvgIpc) is 2.61. The van der Waals surface area contributed by atoms with Gasteiger partial charge in [-0.25, -0.2) is 4.79 Å². The van der Waals surface area contributed by atoms with E-state index in [2.05, 4.69) is 69.5 Å². The monoisotopic (exact) mass is 381 g/mol. The lowest BCUT2D eigenvalue weighted by Gasteiger charge is -2.29. The summed E-state index contributed by atoms with van der Waals surface area (Å²) < 4.78 is 0. The molecule has 28 heavy (non-hydrogen) atoms. The van der Waals surface area contributed by atoms with Crippen molar-refractivity contribution in [2.75, 3.05) is 0 Å². The molecule has 2 aromatic rings. The van der Waals surface area contributed by atoms with Gasteiger partial charge in [-0.05, 0) is 28.0 Å². The second-order valence-corrected chi connectivity index (χ2v) is 8.46. The van der Waals surface area contributed by atoms with Crippen molar-refractivity contribution in [1.82, 2.24) is 10.6 Å². The number of carbonyl (C=O) groups excluding carboxylic acids is 2. The third kappa shape index (κ3) is 5.67. The molecule has 0 unspecified atom stereocenters. The van der Waals surface area contributed by atoms with Crippen LogP contribution in [0.1, 0.15) is 63.4 Å². The van der Waals surface area contributed by atoms with Crippen LogP contribution in [0.3, 0.4) is 0 Å². The normalized spacial score (nSPS) is 13.8. The zero-order chi connectivity index (χ0) is 20.9. The van der Waals surface area contributed by atoms with E-state index in [0.717, 1.165) is 11.1 Å². The third-order valence-electron chi connectivity index (χ3n) is 4.79. The fraction of sp³-hybridized carbons (Fsp3) is 0.391. The molecule has 0 bridgehead atoms. The molecule has 3 amide bonds. The van der Waals surface area contributed by atoms with Crippen molar-refractivity contribution < 1.29 is 9.59 Å². The maximum atomic E-state index is 12.7. The summed E-state index contributed by atoms with van der Waals surface area (Å²) in [6.45, 7) is 10.7. The van der Waals surface area contributed by atoms with Crippen molar-refractivity contribution >= 4 is 11.9 Å². The molecule has 150 valence electrons. The molecular weight excluding hydrogens is 350 g/mol. The molecule has 0 aliphatic heterocycles. The molecule has 0 spiro atoms. The van der Waals surface area contributed by atoms with Crippen molar-refractivity contribution in [3.63, 3.8) is 0 Å². The van der Waals surface area contributed by atoms with Gasteiger partial charge in [-0.2, -0.15) is 0 Å². The summed E-state index contributed by atoms with van der Waals surface area (Å²) in [5, 5.41) is 5.63. The standard InChI is InChI=1S/C23H31N3O2/c1-15(2)19(17-11-13-18(14-12-17)23(3,4)5)25-20(21(27)26-22(24)28)16-9-7-6-8-10-16/h6-15,19-20,25H,1-5H3,(H3,24,26,27,28)/t19-,20-/m1/s1. The maximum Gasteiger partial charge on any atom is 0.318 e. The van der Waals surface area contributed by atoms with Crippen LogP contribution in [0.2, 0.25) is 0 Å². The Morgan fingerprint density at radius 2 is 1.46 bits per heavy atom. The number of carbonyl (C=O) groups is 2. The van der Waals surface area contributed by atoms with Gasteiger partial charge in [0.05, 0.1) is 0 Å². The van der Waals surface area contributed by atoms with Gasteiger partial charge < -0.3 is 5.73 Å². The van der Waals surface area contributed by atoms with Gasteiger partial charge in [0.1, 0.15) is 6.04 Å². The zero-order valence-corrected chi connectivity index (χ0v) is 17.3. The molecule has 0 saturated heterocycles. The fourth-order valence-corrected chi connectivity index (χ4v) is 3.21. The summed E-state index contributed by atoms with van der Waals surface area (Å²) in [6.07, 6.45) is 0. The van der Waals surface area contributed by atoms with E-state index in [1.54, 1.807) is 0 Å². The first-order valence-corrected chi connectivity index (χ1v) is 9.61. The smallest absolute Gasteiger partial charge is 0.318 e. The minimum atomic E-state index is -0.858. The van der Waals surface area contributed by atoms with Crippen LogP contribution in [-0.2, 0) is 10.2 Å². The van der Waals surface area contributed by atoms with Crippen LogP contribution < -0.4 is 16.4 Å². The molecule has 0 radical (unpaired) electrons. The highest BCUT2D eigenvalue weighted by Gasteiger charge is 2.27. The minimum Gasteiger partial charge on any atom is -0.351 e. The highest BCUT2D eigenvalue weighted by Crippen LogP contribution is 2.29. The lowest BCUT2D eigenvalue weighted by atomic mass is 9.85. The highest BCUT2D eigenvalue weighted by atomic mass is 16.2. The topological polar surface area (TPSA) is 84.2 Å². The third-order valence-corrected chi connectivity index (χ3v) is 4.79. The SMILES string of the molecule is CC(C)[C@@H](N[C@@H](C(=O)NC(N)=O)c1ccccc1)c1ccc(C(C)(C)C)cc1. The molecule has 4 N–H and O–H groups in total. The van der Waals surface area contributed by atoms with Crippen LogP contribution in [0.25, 0.3) is 0 Å². The van der Waals surface area contributed by atoms with Gasteiger partial charge in [0.2, 0.25) is 5.91 Å². The van der Waals surface area contributed by atoms with Gasteiger partial charge in [-0.3, -0.25) is 15.4 Å². The summed E-state index contributed by atoms with van der Waals surface area (Å²) in [4.78, 5) is 23.9. The number of hydrogen-bond acceptors (Lipinski definition) is 3. The largest absolute Gasteiger partial charge is 0.351 e. The first-order chi connectivity index (χ1) is 13.1. The van der Waals surface area contributed by atoms with E-state index < -0.39 is 18.0 Å². The summed E-state index contributed by atoms with van der Waals surface area (Å²) in [7, 11) is 0. The Hall–Kier alpha value is -2.66. The Balaban J connectivity index is 2.35. The van der Waals surface area contributed by atoms with Gasteiger partial charge in [0.15, 0.2) is 0 Å². The Kier molecular flexibility index (Phi) is 6.97. The molecular formula is C23H31N3O2. The Morgan fingerprint density at radius 3 is 1.93 bits per heavy atom.